The van der Waals surface area contributed by atoms with E-state index in [9.17, 15) is 18.0 Å². The van der Waals surface area contributed by atoms with Crippen LogP contribution < -0.4 is 14.4 Å². The van der Waals surface area contributed by atoms with Crippen LogP contribution in [0.25, 0.3) is 32.9 Å². The fourth-order valence-electron chi connectivity index (χ4n) is 7.31. The zero-order valence-corrected chi connectivity index (χ0v) is 26.9. The van der Waals surface area contributed by atoms with Crippen LogP contribution in [0.3, 0.4) is 0 Å². The van der Waals surface area contributed by atoms with Crippen molar-refractivity contribution in [3.63, 3.8) is 0 Å². The molecule has 0 saturated carbocycles. The second-order valence-electron chi connectivity index (χ2n) is 12.9. The van der Waals surface area contributed by atoms with Gasteiger partial charge < -0.3 is 24.2 Å². The van der Waals surface area contributed by atoms with Crippen molar-refractivity contribution < 1.29 is 27.4 Å². The van der Waals surface area contributed by atoms with Crippen molar-refractivity contribution in [2.24, 2.45) is 5.41 Å². The number of benzene rings is 2. The van der Waals surface area contributed by atoms with Crippen molar-refractivity contribution in [3.8, 4) is 22.9 Å². The van der Waals surface area contributed by atoms with Crippen molar-refractivity contribution >= 4 is 45.0 Å². The average Bonchev–Trinajstić information content (AvgIpc) is 3.78. The Balaban J connectivity index is 1.40. The number of aryl methyl sites for hydroxylation is 1. The molecule has 2 aromatic heterocycles. The highest BCUT2D eigenvalue weighted by atomic mass is 35.5. The summed E-state index contributed by atoms with van der Waals surface area (Å²) in [5.41, 5.74) is 2.98. The summed E-state index contributed by atoms with van der Waals surface area (Å²) in [5, 5.41) is 8.50. The van der Waals surface area contributed by atoms with E-state index in [1.165, 1.54) is 6.08 Å². The molecule has 1 amide bonds. The van der Waals surface area contributed by atoms with E-state index in [4.69, 9.17) is 26.1 Å². The molecule has 2 aromatic carbocycles. The number of nitrogens with one attached hydrogen (secondary N) is 1. The fourth-order valence-corrected chi connectivity index (χ4v) is 7.72. The van der Waals surface area contributed by atoms with Crippen molar-refractivity contribution in [1.82, 2.24) is 30.0 Å². The third-order valence-electron chi connectivity index (χ3n) is 9.72. The smallest absolute Gasteiger partial charge is 0.422 e. The monoisotopic (exact) mass is 669 g/mol. The Bertz CT molecular complexity index is 1870. The van der Waals surface area contributed by atoms with Crippen molar-refractivity contribution in [1.29, 1.82) is 0 Å². The molecule has 10 nitrogen and oxygen atoms in total. The topological polar surface area (TPSA) is 99.7 Å². The number of anilines is 1. The summed E-state index contributed by atoms with van der Waals surface area (Å²) in [4.78, 5) is 27.5. The van der Waals surface area contributed by atoms with Gasteiger partial charge in [-0.3, -0.25) is 9.89 Å². The van der Waals surface area contributed by atoms with Gasteiger partial charge in [-0.25, -0.2) is 4.98 Å². The molecule has 0 bridgehead atoms. The maximum Gasteiger partial charge on any atom is 0.422 e. The third kappa shape index (κ3) is 5.73. The molecule has 3 fully saturated rings. The van der Waals surface area contributed by atoms with E-state index in [0.29, 0.717) is 65.9 Å². The van der Waals surface area contributed by atoms with Crippen LogP contribution in [0.15, 0.2) is 37.2 Å². The Morgan fingerprint density at radius 2 is 1.98 bits per heavy atom. The van der Waals surface area contributed by atoms with Crippen LogP contribution >= 0.6 is 11.6 Å². The molecular formula is C33H35ClF3N7O3. The molecule has 1 spiro atoms. The first kappa shape index (κ1) is 31.5. The quantitative estimate of drug-likeness (QED) is 0.236. The molecule has 0 aliphatic carbocycles. The lowest BCUT2D eigenvalue weighted by Gasteiger charge is -2.47. The van der Waals surface area contributed by atoms with Crippen molar-refractivity contribution in [2.45, 2.75) is 38.4 Å². The maximum absolute atomic E-state index is 13.8. The van der Waals surface area contributed by atoms with Crippen LogP contribution in [0.1, 0.15) is 24.8 Å². The number of fused-ring (bicyclic) bond motifs is 2. The lowest BCUT2D eigenvalue weighted by molar-refractivity contribution is -0.153. The normalized spacial score (nSPS) is 19.6. The number of aromatic nitrogens is 4. The molecule has 14 heteroatoms. The molecular weight excluding hydrogens is 635 g/mol. The zero-order valence-electron chi connectivity index (χ0n) is 26.2. The minimum absolute atomic E-state index is 0.0441. The van der Waals surface area contributed by atoms with Gasteiger partial charge in [0.2, 0.25) is 5.91 Å². The number of halogens is 4. The summed E-state index contributed by atoms with van der Waals surface area (Å²) in [6, 6.07) is 3.95. The second-order valence-corrected chi connectivity index (χ2v) is 13.3. The third-order valence-corrected chi connectivity index (χ3v) is 10.1. The molecule has 47 heavy (non-hydrogen) atoms. The minimum atomic E-state index is -4.62. The number of hydrogen-bond acceptors (Lipinski definition) is 8. The molecule has 4 aromatic rings. The summed E-state index contributed by atoms with van der Waals surface area (Å²) in [5.74, 6) is -0.215. The SMILES string of the molecule is C=CC(=O)N1CC2(CCN(c3c(Cl)c(-c4c(C)ccc5[nH]ncc45)c(OCC(F)(F)F)c4nc(OC[C@@H]5CCCN5C)ncc34)C2)C1. The first-order valence-electron chi connectivity index (χ1n) is 15.6. The average molecular weight is 670 g/mol. The Morgan fingerprint density at radius 3 is 2.70 bits per heavy atom. The highest BCUT2D eigenvalue weighted by molar-refractivity contribution is 6.39. The number of alkyl halides is 3. The molecule has 3 aliphatic heterocycles. The predicted octanol–water partition coefficient (Wildman–Crippen LogP) is 5.77. The zero-order chi connectivity index (χ0) is 33.1. The van der Waals surface area contributed by atoms with Crippen molar-refractivity contribution in [3.05, 3.63) is 47.8 Å². The Kier molecular flexibility index (Phi) is 7.94. The molecule has 3 saturated heterocycles. The second kappa shape index (κ2) is 11.9. The van der Waals surface area contributed by atoms with Crippen LogP contribution in [-0.4, -0.2) is 101 Å². The number of carbonyl (C=O) groups excluding carboxylic acids is 1. The van der Waals surface area contributed by atoms with Gasteiger partial charge in [-0.05, 0) is 57.5 Å². The Labute approximate surface area is 274 Å². The Morgan fingerprint density at radius 1 is 1.17 bits per heavy atom. The Hall–Kier alpha value is -4.10. The van der Waals surface area contributed by atoms with Gasteiger partial charge in [-0.1, -0.05) is 24.2 Å². The number of hydrogen-bond donors (Lipinski definition) is 1. The van der Waals surface area contributed by atoms with E-state index in [1.54, 1.807) is 17.3 Å². The number of likely N-dealkylation sites (N-methyl/N-ethyl adjacent to an activating group) is 1. The van der Waals surface area contributed by atoms with E-state index in [1.807, 2.05) is 26.1 Å². The molecule has 1 N–H and O–H groups in total. The fraction of sp³-hybridized carbons (Fsp3) is 0.455. The first-order chi connectivity index (χ1) is 22.5. The largest absolute Gasteiger partial charge is 0.481 e. The van der Waals surface area contributed by atoms with Gasteiger partial charge in [0, 0.05) is 65.7 Å². The van der Waals surface area contributed by atoms with E-state index < -0.39 is 12.8 Å². The van der Waals surface area contributed by atoms with Crippen LogP contribution in [-0.2, 0) is 4.79 Å². The van der Waals surface area contributed by atoms with Crippen LogP contribution in [0.5, 0.6) is 11.8 Å². The number of nitrogens with zero attached hydrogens (tertiary/aromatic N) is 6. The van der Waals surface area contributed by atoms with Gasteiger partial charge in [0.05, 0.1) is 22.4 Å². The maximum atomic E-state index is 13.8. The summed E-state index contributed by atoms with van der Waals surface area (Å²) >= 11 is 7.35. The molecule has 5 heterocycles. The first-order valence-corrected chi connectivity index (χ1v) is 16.0. The van der Waals surface area contributed by atoms with Gasteiger partial charge in [0.25, 0.3) is 0 Å². The minimum Gasteiger partial charge on any atom is -0.481 e. The van der Waals surface area contributed by atoms with E-state index in [2.05, 4.69) is 31.6 Å². The number of H-pyrrole nitrogens is 1. The summed E-state index contributed by atoms with van der Waals surface area (Å²) < 4.78 is 53.0. The van der Waals surface area contributed by atoms with Crippen LogP contribution in [0.4, 0.5) is 18.9 Å². The molecule has 0 radical (unpaired) electrons. The van der Waals surface area contributed by atoms with Gasteiger partial charge in [0.1, 0.15) is 12.1 Å². The molecule has 248 valence electrons. The van der Waals surface area contributed by atoms with Gasteiger partial charge in [-0.2, -0.15) is 23.3 Å². The number of ether oxygens (including phenoxy) is 2. The van der Waals surface area contributed by atoms with E-state index in [0.717, 1.165) is 31.4 Å². The number of rotatable bonds is 8. The summed E-state index contributed by atoms with van der Waals surface area (Å²) in [6.45, 7) is 7.61. The van der Waals surface area contributed by atoms with Gasteiger partial charge >= 0.3 is 12.2 Å². The number of aromatic amines is 1. The molecule has 1 atom stereocenters. The standard InChI is InChI=1S/C33H35ClF3N7O3/c1-4-24(45)44-16-32(17-44)9-11-43(15-32)29-22-12-38-31(46-14-20-6-5-10-42(20)3)40-28(22)30(47-18-33(35,36)37)26(27(29)34)25-19(2)7-8-23-21(25)13-39-41-23/h4,7-8,12-13,20H,1,5-6,9-11,14-18H2,2-3H3,(H,39,41)/t20-/m0/s1. The van der Waals surface area contributed by atoms with Gasteiger partial charge in [-0.15, -0.1) is 0 Å². The molecule has 3 aliphatic rings. The lowest BCUT2D eigenvalue weighted by atomic mass is 9.79. The lowest BCUT2D eigenvalue weighted by Crippen LogP contribution is -2.59. The molecule has 7 rings (SSSR count). The summed E-state index contributed by atoms with van der Waals surface area (Å²) in [6.07, 6.45) is 2.71. The number of likely N-dealkylation sites (tertiary alicyclic amines) is 2. The summed E-state index contributed by atoms with van der Waals surface area (Å²) in [7, 11) is 2.03. The van der Waals surface area contributed by atoms with E-state index in [-0.39, 0.29) is 39.7 Å². The van der Waals surface area contributed by atoms with Crippen LogP contribution in [0.2, 0.25) is 5.02 Å². The van der Waals surface area contributed by atoms with Crippen molar-refractivity contribution in [2.75, 3.05) is 57.9 Å². The highest BCUT2D eigenvalue weighted by Gasteiger charge is 2.49. The van der Waals surface area contributed by atoms with E-state index >= 15 is 0 Å². The van der Waals surface area contributed by atoms with Gasteiger partial charge in [0.15, 0.2) is 12.4 Å². The van der Waals surface area contributed by atoms with Crippen LogP contribution in [0, 0.1) is 12.3 Å². The predicted molar refractivity (Wildman–Crippen MR) is 173 cm³/mol. The number of amides is 1. The highest BCUT2D eigenvalue weighted by Crippen LogP contribution is 2.53. The molecule has 0 unspecified atom stereocenters. The number of carbonyl (C=O) groups is 1.